The molecule has 0 spiro atoms. The summed E-state index contributed by atoms with van der Waals surface area (Å²) >= 11 is 4.19. The van der Waals surface area contributed by atoms with Gasteiger partial charge < -0.3 is 25.4 Å². The molecule has 1 aromatic rings. The highest BCUT2D eigenvalue weighted by atomic mass is 32.1. The second-order valence-electron chi connectivity index (χ2n) is 9.52. The van der Waals surface area contributed by atoms with E-state index in [9.17, 15) is 19.5 Å². The molecule has 0 saturated heterocycles. The standard InChI is InChI=1S/C22H35N3O5S/c1-13-11-14(9-10-16(13)26)17(18(27)24-21(2,3)4)25(8)19(28)15(12-31)23-20(29)30-22(5,6)7/h9-11,15,17,26,31H,12H2,1-8H3,(H,23,29)(H,24,27). The minimum absolute atomic E-state index is 0.0185. The smallest absolute Gasteiger partial charge is 0.408 e. The highest BCUT2D eigenvalue weighted by Gasteiger charge is 2.35. The van der Waals surface area contributed by atoms with E-state index in [4.69, 9.17) is 4.74 Å². The molecule has 1 rings (SSSR count). The Kier molecular flexibility index (Phi) is 8.81. The number of alkyl carbamates (subject to hydrolysis) is 1. The number of hydrogen-bond donors (Lipinski definition) is 4. The Morgan fingerprint density at radius 3 is 2.19 bits per heavy atom. The van der Waals surface area contributed by atoms with Crippen molar-refractivity contribution < 1.29 is 24.2 Å². The number of aryl methyl sites for hydroxylation is 1. The van der Waals surface area contributed by atoms with E-state index in [1.54, 1.807) is 39.8 Å². The Hall–Kier alpha value is -2.42. The molecule has 0 bridgehead atoms. The maximum atomic E-state index is 13.2. The van der Waals surface area contributed by atoms with Crippen LogP contribution in [0.1, 0.15) is 58.7 Å². The number of hydrogen-bond acceptors (Lipinski definition) is 6. The van der Waals surface area contributed by atoms with Gasteiger partial charge >= 0.3 is 6.09 Å². The molecule has 174 valence electrons. The minimum Gasteiger partial charge on any atom is -0.508 e. The van der Waals surface area contributed by atoms with Crippen LogP contribution < -0.4 is 10.6 Å². The van der Waals surface area contributed by atoms with E-state index in [0.717, 1.165) is 0 Å². The van der Waals surface area contributed by atoms with Gasteiger partial charge in [0.05, 0.1) is 0 Å². The number of carbonyl (C=O) groups is 3. The average Bonchev–Trinajstić information content (AvgIpc) is 2.59. The van der Waals surface area contributed by atoms with Crippen LogP contribution in [0.5, 0.6) is 5.75 Å². The van der Waals surface area contributed by atoms with Crippen LogP contribution in [0.15, 0.2) is 18.2 Å². The molecule has 8 nitrogen and oxygen atoms in total. The van der Waals surface area contributed by atoms with E-state index >= 15 is 0 Å². The largest absolute Gasteiger partial charge is 0.508 e. The lowest BCUT2D eigenvalue weighted by atomic mass is 9.99. The quantitative estimate of drug-likeness (QED) is 0.496. The van der Waals surface area contributed by atoms with Crippen molar-refractivity contribution in [3.05, 3.63) is 29.3 Å². The predicted octanol–water partition coefficient (Wildman–Crippen LogP) is 2.94. The summed E-state index contributed by atoms with van der Waals surface area (Å²) in [6.45, 7) is 12.4. The molecule has 2 atom stereocenters. The molecule has 0 heterocycles. The van der Waals surface area contributed by atoms with E-state index in [1.165, 1.54) is 18.0 Å². The summed E-state index contributed by atoms with van der Waals surface area (Å²) in [7, 11) is 1.49. The average molecular weight is 454 g/mol. The Labute approximate surface area is 190 Å². The molecule has 1 aromatic carbocycles. The number of phenolic OH excluding ortho intramolecular Hbond substituents is 1. The van der Waals surface area contributed by atoms with Crippen LogP contribution in [0.3, 0.4) is 0 Å². The zero-order valence-corrected chi connectivity index (χ0v) is 20.5. The number of rotatable bonds is 6. The number of nitrogens with zero attached hydrogens (tertiary/aromatic N) is 1. The van der Waals surface area contributed by atoms with E-state index in [1.807, 2.05) is 20.8 Å². The fourth-order valence-corrected chi connectivity index (χ4v) is 3.09. The van der Waals surface area contributed by atoms with E-state index in [0.29, 0.717) is 11.1 Å². The summed E-state index contributed by atoms with van der Waals surface area (Å²) in [5.74, 6) is -0.776. The first-order valence-electron chi connectivity index (χ1n) is 10.0. The van der Waals surface area contributed by atoms with Crippen molar-refractivity contribution in [2.24, 2.45) is 0 Å². The van der Waals surface area contributed by atoms with Gasteiger partial charge in [0, 0.05) is 18.3 Å². The number of nitrogens with one attached hydrogen (secondary N) is 2. The summed E-state index contributed by atoms with van der Waals surface area (Å²) in [4.78, 5) is 39.7. The summed E-state index contributed by atoms with van der Waals surface area (Å²) in [5, 5.41) is 15.3. The maximum absolute atomic E-state index is 13.2. The molecule has 0 aliphatic rings. The first-order valence-corrected chi connectivity index (χ1v) is 10.7. The molecule has 0 aromatic heterocycles. The molecular formula is C22H35N3O5S. The second kappa shape index (κ2) is 10.3. The van der Waals surface area contributed by atoms with Crippen molar-refractivity contribution in [3.8, 4) is 5.75 Å². The van der Waals surface area contributed by atoms with Gasteiger partial charge in [0.2, 0.25) is 11.8 Å². The Morgan fingerprint density at radius 2 is 1.74 bits per heavy atom. The van der Waals surface area contributed by atoms with Crippen LogP contribution in [0.25, 0.3) is 0 Å². The third kappa shape index (κ3) is 8.32. The SMILES string of the molecule is Cc1cc(C(C(=O)NC(C)(C)C)N(C)C(=O)C(CS)NC(=O)OC(C)(C)C)ccc1O. The molecule has 3 amide bonds. The van der Waals surface area contributed by atoms with Gasteiger partial charge in [-0.3, -0.25) is 9.59 Å². The first kappa shape index (κ1) is 26.6. The fraction of sp³-hybridized carbons (Fsp3) is 0.591. The molecule has 0 aliphatic carbocycles. The van der Waals surface area contributed by atoms with E-state index < -0.39 is 35.2 Å². The van der Waals surface area contributed by atoms with Crippen LogP contribution in [0, 0.1) is 6.92 Å². The molecule has 3 N–H and O–H groups in total. The molecule has 0 fully saturated rings. The molecule has 0 radical (unpaired) electrons. The third-order valence-corrected chi connectivity index (χ3v) is 4.55. The van der Waals surface area contributed by atoms with Gasteiger partial charge in [-0.15, -0.1) is 0 Å². The molecule has 9 heteroatoms. The van der Waals surface area contributed by atoms with Gasteiger partial charge in [-0.1, -0.05) is 6.07 Å². The third-order valence-electron chi connectivity index (χ3n) is 4.19. The lowest BCUT2D eigenvalue weighted by molar-refractivity contribution is -0.141. The van der Waals surface area contributed by atoms with Crippen molar-refractivity contribution in [2.75, 3.05) is 12.8 Å². The van der Waals surface area contributed by atoms with Crippen LogP contribution in [-0.2, 0) is 14.3 Å². The van der Waals surface area contributed by atoms with Gasteiger partial charge in [-0.25, -0.2) is 4.79 Å². The molecule has 0 aliphatic heterocycles. The summed E-state index contributed by atoms with van der Waals surface area (Å²) in [6, 6.07) is 2.76. The van der Waals surface area contributed by atoms with Gasteiger partial charge in [-0.2, -0.15) is 12.6 Å². The van der Waals surface area contributed by atoms with Gasteiger partial charge in [0.1, 0.15) is 23.4 Å². The van der Waals surface area contributed by atoms with Crippen molar-refractivity contribution in [2.45, 2.75) is 71.7 Å². The number of amides is 3. The van der Waals surface area contributed by atoms with Crippen molar-refractivity contribution >= 4 is 30.5 Å². The molecular weight excluding hydrogens is 418 g/mol. The zero-order valence-electron chi connectivity index (χ0n) is 19.6. The van der Waals surface area contributed by atoms with Crippen molar-refractivity contribution in [3.63, 3.8) is 0 Å². The summed E-state index contributed by atoms with van der Waals surface area (Å²) in [6.07, 6.45) is -0.746. The van der Waals surface area contributed by atoms with E-state index in [2.05, 4.69) is 23.3 Å². The van der Waals surface area contributed by atoms with Gasteiger partial charge in [0.25, 0.3) is 0 Å². The van der Waals surface area contributed by atoms with Crippen LogP contribution in [-0.4, -0.2) is 57.9 Å². The summed E-state index contributed by atoms with van der Waals surface area (Å²) in [5.41, 5.74) is -0.144. The highest BCUT2D eigenvalue weighted by molar-refractivity contribution is 7.80. The first-order chi connectivity index (χ1) is 14.1. The second-order valence-corrected chi connectivity index (χ2v) is 9.88. The Balaban J connectivity index is 3.23. The van der Waals surface area contributed by atoms with Gasteiger partial charge in [0.15, 0.2) is 0 Å². The molecule has 31 heavy (non-hydrogen) atoms. The summed E-state index contributed by atoms with van der Waals surface area (Å²) < 4.78 is 5.23. The van der Waals surface area contributed by atoms with Crippen LogP contribution in [0.4, 0.5) is 4.79 Å². The number of ether oxygens (including phenoxy) is 1. The zero-order chi connectivity index (χ0) is 24.1. The topological polar surface area (TPSA) is 108 Å². The Morgan fingerprint density at radius 1 is 1.16 bits per heavy atom. The Bertz CT molecular complexity index is 814. The van der Waals surface area contributed by atoms with Gasteiger partial charge in [-0.05, 0) is 71.7 Å². The normalized spacial score (nSPS) is 13.7. The number of benzene rings is 1. The highest BCUT2D eigenvalue weighted by Crippen LogP contribution is 2.26. The maximum Gasteiger partial charge on any atom is 0.408 e. The number of aromatic hydroxyl groups is 1. The number of carbonyl (C=O) groups excluding carboxylic acids is 3. The fourth-order valence-electron chi connectivity index (χ4n) is 2.85. The number of likely N-dealkylation sites (N-methyl/N-ethyl adjacent to an activating group) is 1. The predicted molar refractivity (Wildman–Crippen MR) is 123 cm³/mol. The minimum atomic E-state index is -0.994. The number of thiol groups is 1. The van der Waals surface area contributed by atoms with E-state index in [-0.39, 0.29) is 17.4 Å². The van der Waals surface area contributed by atoms with Crippen molar-refractivity contribution in [1.29, 1.82) is 0 Å². The van der Waals surface area contributed by atoms with Crippen molar-refractivity contribution in [1.82, 2.24) is 15.5 Å². The monoisotopic (exact) mass is 453 g/mol. The number of phenols is 1. The van der Waals surface area contributed by atoms with Crippen LogP contribution in [0.2, 0.25) is 0 Å². The molecule has 2 unspecified atom stereocenters. The lowest BCUT2D eigenvalue weighted by Gasteiger charge is -2.33. The van der Waals surface area contributed by atoms with Crippen LogP contribution >= 0.6 is 12.6 Å². The molecule has 0 saturated carbocycles. The lowest BCUT2D eigenvalue weighted by Crippen LogP contribution is -2.54.